The molecule has 0 spiro atoms. The van der Waals surface area contributed by atoms with E-state index in [4.69, 9.17) is 4.74 Å². The highest BCUT2D eigenvalue weighted by atomic mass is 32.1. The average Bonchev–Trinajstić information content (AvgIpc) is 3.15. The van der Waals surface area contributed by atoms with Crippen LogP contribution in [0.3, 0.4) is 0 Å². The maximum absolute atomic E-state index is 13.3. The maximum atomic E-state index is 13.3. The van der Waals surface area contributed by atoms with Gasteiger partial charge in [-0.25, -0.2) is 4.79 Å². The molecule has 0 radical (unpaired) electrons. The van der Waals surface area contributed by atoms with Crippen molar-refractivity contribution in [1.82, 2.24) is 0 Å². The number of para-hydroxylation sites is 1. The molecule has 1 aromatic heterocycles. The summed E-state index contributed by atoms with van der Waals surface area (Å²) in [5.41, 5.74) is 4.59. The van der Waals surface area contributed by atoms with E-state index in [0.717, 1.165) is 16.8 Å². The zero-order chi connectivity index (χ0) is 22.5. The standard InChI is InChI=1S/C27H23NO3S/c1-3-31-27(30)23-18(2)25(32-26(23)28-22-12-8-5-9-13-22)24(29)21-16-14-20(15-17-21)19-10-6-4-7-11-19/h4-17,28H,3H2,1-2H3. The van der Waals surface area contributed by atoms with E-state index in [0.29, 0.717) is 26.6 Å². The summed E-state index contributed by atoms with van der Waals surface area (Å²) in [6, 6.07) is 27.1. The Morgan fingerprint density at radius 1 is 0.844 bits per heavy atom. The molecule has 0 aliphatic rings. The minimum atomic E-state index is -0.432. The van der Waals surface area contributed by atoms with E-state index in [1.54, 1.807) is 13.8 Å². The van der Waals surface area contributed by atoms with Crippen LogP contribution in [-0.4, -0.2) is 18.4 Å². The third-order valence-electron chi connectivity index (χ3n) is 5.12. The molecule has 0 saturated heterocycles. The molecule has 0 saturated carbocycles. The molecule has 5 heteroatoms. The van der Waals surface area contributed by atoms with Gasteiger partial charge in [0.2, 0.25) is 5.78 Å². The van der Waals surface area contributed by atoms with Crippen LogP contribution in [0.1, 0.15) is 38.1 Å². The van der Waals surface area contributed by atoms with E-state index in [9.17, 15) is 9.59 Å². The lowest BCUT2D eigenvalue weighted by atomic mass is 10.0. The maximum Gasteiger partial charge on any atom is 0.341 e. The minimum absolute atomic E-state index is 0.112. The van der Waals surface area contributed by atoms with Crippen molar-refractivity contribution in [2.75, 3.05) is 11.9 Å². The van der Waals surface area contributed by atoms with E-state index < -0.39 is 5.97 Å². The van der Waals surface area contributed by atoms with Gasteiger partial charge in [0.15, 0.2) is 0 Å². The molecule has 3 aromatic carbocycles. The lowest BCUT2D eigenvalue weighted by molar-refractivity contribution is 0.0527. The van der Waals surface area contributed by atoms with E-state index in [1.165, 1.54) is 11.3 Å². The zero-order valence-electron chi connectivity index (χ0n) is 17.9. The van der Waals surface area contributed by atoms with Gasteiger partial charge >= 0.3 is 5.97 Å². The van der Waals surface area contributed by atoms with Crippen molar-refractivity contribution in [3.05, 3.63) is 106 Å². The molecule has 0 fully saturated rings. The lowest BCUT2D eigenvalue weighted by Crippen LogP contribution is -2.08. The first-order chi connectivity index (χ1) is 15.6. The molecule has 4 aromatic rings. The number of esters is 1. The lowest BCUT2D eigenvalue weighted by Gasteiger charge is -2.07. The second kappa shape index (κ2) is 9.62. The van der Waals surface area contributed by atoms with Crippen LogP contribution in [0, 0.1) is 6.92 Å². The first-order valence-corrected chi connectivity index (χ1v) is 11.2. The van der Waals surface area contributed by atoms with Crippen molar-refractivity contribution in [3.63, 3.8) is 0 Å². The van der Waals surface area contributed by atoms with Gasteiger partial charge in [0, 0.05) is 11.3 Å². The highest BCUT2D eigenvalue weighted by Crippen LogP contribution is 2.37. The molecule has 0 amide bonds. The predicted octanol–water partition coefficient (Wildman–Crippen LogP) is 6.87. The smallest absolute Gasteiger partial charge is 0.341 e. The van der Waals surface area contributed by atoms with Gasteiger partial charge in [-0.05, 0) is 42.7 Å². The third-order valence-corrected chi connectivity index (χ3v) is 6.32. The van der Waals surface area contributed by atoms with Crippen molar-refractivity contribution >= 4 is 33.8 Å². The van der Waals surface area contributed by atoms with Crippen LogP contribution in [0.2, 0.25) is 0 Å². The first kappa shape index (κ1) is 21.5. The summed E-state index contributed by atoms with van der Waals surface area (Å²) in [5, 5.41) is 3.88. The van der Waals surface area contributed by atoms with Crippen LogP contribution < -0.4 is 5.32 Å². The van der Waals surface area contributed by atoms with Gasteiger partial charge in [0.05, 0.1) is 17.0 Å². The fourth-order valence-corrected chi connectivity index (χ4v) is 4.67. The Balaban J connectivity index is 1.68. The van der Waals surface area contributed by atoms with Crippen molar-refractivity contribution in [1.29, 1.82) is 0 Å². The second-order valence-electron chi connectivity index (χ2n) is 7.24. The molecule has 32 heavy (non-hydrogen) atoms. The molecule has 1 N–H and O–H groups in total. The molecule has 0 atom stereocenters. The van der Waals surface area contributed by atoms with Crippen molar-refractivity contribution in [2.45, 2.75) is 13.8 Å². The number of rotatable bonds is 7. The van der Waals surface area contributed by atoms with Crippen LogP contribution in [0.15, 0.2) is 84.9 Å². The van der Waals surface area contributed by atoms with Gasteiger partial charge in [-0.3, -0.25) is 4.79 Å². The van der Waals surface area contributed by atoms with Gasteiger partial charge in [0.25, 0.3) is 0 Å². The molecule has 4 nitrogen and oxygen atoms in total. The number of thiophene rings is 1. The van der Waals surface area contributed by atoms with Crippen LogP contribution >= 0.6 is 11.3 Å². The summed E-state index contributed by atoms with van der Waals surface area (Å²) in [6.45, 7) is 3.83. The average molecular weight is 442 g/mol. The number of hydrogen-bond donors (Lipinski definition) is 1. The summed E-state index contributed by atoms with van der Waals surface area (Å²) < 4.78 is 5.27. The summed E-state index contributed by atoms with van der Waals surface area (Å²) in [4.78, 5) is 26.6. The zero-order valence-corrected chi connectivity index (χ0v) is 18.7. The van der Waals surface area contributed by atoms with Crippen molar-refractivity contribution in [3.8, 4) is 11.1 Å². The summed E-state index contributed by atoms with van der Waals surface area (Å²) in [5.74, 6) is -0.545. The number of nitrogens with one attached hydrogen (secondary N) is 1. The predicted molar refractivity (Wildman–Crippen MR) is 130 cm³/mol. The van der Waals surface area contributed by atoms with Crippen LogP contribution in [0.5, 0.6) is 0 Å². The van der Waals surface area contributed by atoms with Crippen LogP contribution in [0.25, 0.3) is 11.1 Å². The Labute approximate surface area is 191 Å². The number of ketones is 1. The molecule has 0 aliphatic carbocycles. The summed E-state index contributed by atoms with van der Waals surface area (Å²) >= 11 is 1.28. The minimum Gasteiger partial charge on any atom is -0.462 e. The number of hydrogen-bond acceptors (Lipinski definition) is 5. The molecule has 160 valence electrons. The Morgan fingerprint density at radius 3 is 2.06 bits per heavy atom. The number of anilines is 2. The number of ether oxygens (including phenoxy) is 1. The topological polar surface area (TPSA) is 55.4 Å². The van der Waals surface area contributed by atoms with Gasteiger partial charge in [-0.15, -0.1) is 11.3 Å². The van der Waals surface area contributed by atoms with E-state index in [2.05, 4.69) is 5.32 Å². The fraction of sp³-hybridized carbons (Fsp3) is 0.111. The van der Waals surface area contributed by atoms with Crippen LogP contribution in [0.4, 0.5) is 10.7 Å². The Bertz CT molecular complexity index is 1230. The molecule has 1 heterocycles. The van der Waals surface area contributed by atoms with Crippen LogP contribution in [-0.2, 0) is 4.74 Å². The third kappa shape index (κ3) is 4.48. The van der Waals surface area contributed by atoms with E-state index in [-0.39, 0.29) is 12.4 Å². The Hall–Kier alpha value is -3.70. The monoisotopic (exact) mass is 441 g/mol. The van der Waals surface area contributed by atoms with Gasteiger partial charge in [-0.1, -0.05) is 72.8 Å². The van der Waals surface area contributed by atoms with Gasteiger partial charge in [-0.2, -0.15) is 0 Å². The summed E-state index contributed by atoms with van der Waals surface area (Å²) in [6.07, 6.45) is 0. The summed E-state index contributed by atoms with van der Waals surface area (Å²) in [7, 11) is 0. The molecular weight excluding hydrogens is 418 g/mol. The van der Waals surface area contributed by atoms with E-state index >= 15 is 0 Å². The first-order valence-electron chi connectivity index (χ1n) is 10.4. The molecule has 0 bridgehead atoms. The Kier molecular flexibility index (Phi) is 6.47. The van der Waals surface area contributed by atoms with Crippen molar-refractivity contribution < 1.29 is 14.3 Å². The Morgan fingerprint density at radius 2 is 1.44 bits per heavy atom. The van der Waals surface area contributed by atoms with E-state index in [1.807, 2.05) is 84.9 Å². The number of benzene rings is 3. The number of carbonyl (C=O) groups excluding carboxylic acids is 2. The molecule has 0 aliphatic heterocycles. The highest BCUT2D eigenvalue weighted by Gasteiger charge is 2.26. The highest BCUT2D eigenvalue weighted by molar-refractivity contribution is 7.18. The fourth-order valence-electron chi connectivity index (χ4n) is 3.50. The van der Waals surface area contributed by atoms with Gasteiger partial charge < -0.3 is 10.1 Å². The molecule has 4 rings (SSSR count). The normalized spacial score (nSPS) is 10.6. The van der Waals surface area contributed by atoms with Crippen molar-refractivity contribution in [2.24, 2.45) is 0 Å². The molecule has 0 unspecified atom stereocenters. The second-order valence-corrected chi connectivity index (χ2v) is 8.26. The van der Waals surface area contributed by atoms with Gasteiger partial charge in [0.1, 0.15) is 5.00 Å². The molecular formula is C27H23NO3S. The quantitative estimate of drug-likeness (QED) is 0.251. The number of carbonyl (C=O) groups is 2. The SMILES string of the molecule is CCOC(=O)c1c(Nc2ccccc2)sc(C(=O)c2ccc(-c3ccccc3)cc2)c1C. The largest absolute Gasteiger partial charge is 0.462 e.